The molecule has 0 aliphatic heterocycles. The van der Waals surface area contributed by atoms with Crippen molar-refractivity contribution in [2.45, 2.75) is 6.17 Å². The average molecular weight is 280 g/mol. The van der Waals surface area contributed by atoms with Gasteiger partial charge in [0.1, 0.15) is 17.6 Å². The molecule has 0 radical (unpaired) electrons. The number of hydrogen-bond donors (Lipinski definition) is 0. The van der Waals surface area contributed by atoms with E-state index in [2.05, 4.69) is 0 Å². The third kappa shape index (κ3) is 2.20. The predicted molar refractivity (Wildman–Crippen MR) is 55.2 cm³/mol. The number of nitrogens with zero attached hydrogens (tertiary/aromatic N) is 4. The summed E-state index contributed by atoms with van der Waals surface area (Å²) in [5, 5.41) is 34.2. The van der Waals surface area contributed by atoms with Gasteiger partial charge in [0.15, 0.2) is 17.9 Å². The minimum absolute atomic E-state index is 1.20. The highest BCUT2D eigenvalue weighted by atomic mass is 19.2. The van der Waals surface area contributed by atoms with Crippen LogP contribution in [0.15, 0.2) is 23.1 Å². The molecule has 8 heteroatoms. The molecule has 0 heterocycles. The molecular formula is C12H4F4N4. The van der Waals surface area contributed by atoms with Crippen molar-refractivity contribution in [1.29, 1.82) is 21.0 Å². The standard InChI is InChI=1S/C12H4F4N4/c13-9-7(5(1-17)2-18)10(14)12(16)8(11(9)15)6(3-19)4-20/h5-7,9H. The molecule has 0 spiro atoms. The molecule has 0 N–H and O–H groups in total. The van der Waals surface area contributed by atoms with E-state index in [1.54, 1.807) is 0 Å². The van der Waals surface area contributed by atoms with Crippen LogP contribution in [0.5, 0.6) is 0 Å². The van der Waals surface area contributed by atoms with Crippen molar-refractivity contribution in [3.8, 4) is 24.3 Å². The van der Waals surface area contributed by atoms with Crippen LogP contribution in [-0.4, -0.2) is 6.17 Å². The summed E-state index contributed by atoms with van der Waals surface area (Å²) in [6.45, 7) is 0. The van der Waals surface area contributed by atoms with Gasteiger partial charge in [0, 0.05) is 0 Å². The maximum Gasteiger partial charge on any atom is 0.163 e. The van der Waals surface area contributed by atoms with Gasteiger partial charge in [-0.05, 0) is 0 Å². The van der Waals surface area contributed by atoms with Gasteiger partial charge in [-0.15, -0.1) is 0 Å². The number of allylic oxidation sites excluding steroid dienone is 4. The highest BCUT2D eigenvalue weighted by Crippen LogP contribution is 2.44. The number of nitriles is 4. The molecule has 0 bridgehead atoms. The smallest absolute Gasteiger partial charge is 0.163 e. The average Bonchev–Trinajstić information content (AvgIpc) is 2.46. The fourth-order valence-electron chi connectivity index (χ4n) is 1.74. The Balaban J connectivity index is 3.47. The van der Waals surface area contributed by atoms with Crippen LogP contribution in [0.1, 0.15) is 0 Å². The first-order chi connectivity index (χ1) is 9.44. The van der Waals surface area contributed by atoms with E-state index in [1.165, 1.54) is 24.3 Å². The Bertz CT molecular complexity index is 625. The first-order valence-electron chi connectivity index (χ1n) is 5.12. The van der Waals surface area contributed by atoms with E-state index in [0.29, 0.717) is 0 Å². The third-order valence-electron chi connectivity index (χ3n) is 2.74. The summed E-state index contributed by atoms with van der Waals surface area (Å²) in [5.74, 6) is -11.8. The van der Waals surface area contributed by atoms with Gasteiger partial charge in [-0.25, -0.2) is 17.6 Å². The highest BCUT2D eigenvalue weighted by molar-refractivity contribution is 5.45. The van der Waals surface area contributed by atoms with Crippen LogP contribution in [0.2, 0.25) is 0 Å². The summed E-state index contributed by atoms with van der Waals surface area (Å²) in [4.78, 5) is 0. The molecule has 0 amide bonds. The van der Waals surface area contributed by atoms with Crippen LogP contribution >= 0.6 is 0 Å². The number of hydrogen-bond acceptors (Lipinski definition) is 4. The quantitative estimate of drug-likeness (QED) is 0.726. The zero-order valence-electron chi connectivity index (χ0n) is 9.61. The van der Waals surface area contributed by atoms with Crippen LogP contribution in [-0.2, 0) is 0 Å². The maximum absolute atomic E-state index is 13.8. The Hall–Kier alpha value is -2.84. The van der Waals surface area contributed by atoms with Gasteiger partial charge < -0.3 is 0 Å². The van der Waals surface area contributed by atoms with E-state index in [-0.39, 0.29) is 0 Å². The second kappa shape index (κ2) is 5.87. The zero-order chi connectivity index (χ0) is 15.4. The highest BCUT2D eigenvalue weighted by Gasteiger charge is 2.46. The lowest BCUT2D eigenvalue weighted by Gasteiger charge is -2.25. The second-order valence-electron chi connectivity index (χ2n) is 3.78. The lowest BCUT2D eigenvalue weighted by atomic mass is 9.81. The van der Waals surface area contributed by atoms with E-state index in [4.69, 9.17) is 21.0 Å². The summed E-state index contributed by atoms with van der Waals surface area (Å²) in [6, 6.07) is 4.87. The summed E-state index contributed by atoms with van der Waals surface area (Å²) < 4.78 is 54.9. The van der Waals surface area contributed by atoms with Crippen molar-refractivity contribution < 1.29 is 17.6 Å². The molecule has 1 aliphatic rings. The Labute approximate surface area is 111 Å². The molecule has 0 aromatic heterocycles. The van der Waals surface area contributed by atoms with Crippen molar-refractivity contribution in [3.63, 3.8) is 0 Å². The fourth-order valence-corrected chi connectivity index (χ4v) is 1.74. The molecule has 2 atom stereocenters. The molecule has 20 heavy (non-hydrogen) atoms. The molecule has 0 aromatic carbocycles. The monoisotopic (exact) mass is 280 g/mol. The van der Waals surface area contributed by atoms with Gasteiger partial charge in [0.2, 0.25) is 0 Å². The molecule has 0 aromatic rings. The molecule has 0 saturated carbocycles. The predicted octanol–water partition coefficient (Wildman–Crippen LogP) is 2.66. The minimum atomic E-state index is -2.81. The van der Waals surface area contributed by atoms with Crippen LogP contribution in [0, 0.1) is 63.1 Å². The number of alkyl halides is 1. The van der Waals surface area contributed by atoms with Crippen molar-refractivity contribution >= 4 is 0 Å². The molecule has 4 nitrogen and oxygen atoms in total. The van der Waals surface area contributed by atoms with E-state index >= 15 is 0 Å². The van der Waals surface area contributed by atoms with E-state index in [9.17, 15) is 17.6 Å². The third-order valence-corrected chi connectivity index (χ3v) is 2.74. The van der Waals surface area contributed by atoms with Crippen molar-refractivity contribution in [3.05, 3.63) is 23.1 Å². The van der Waals surface area contributed by atoms with Crippen molar-refractivity contribution in [2.75, 3.05) is 0 Å². The lowest BCUT2D eigenvalue weighted by Crippen LogP contribution is -2.30. The summed E-state index contributed by atoms with van der Waals surface area (Å²) in [7, 11) is 0. The van der Waals surface area contributed by atoms with Crippen LogP contribution in [0.4, 0.5) is 17.6 Å². The summed E-state index contributed by atoms with van der Waals surface area (Å²) in [5.41, 5.74) is -1.33. The second-order valence-corrected chi connectivity index (χ2v) is 3.78. The molecule has 0 saturated heterocycles. The SMILES string of the molecule is N#CC(C#N)C1=C(F)C(F)C(C(C#N)C#N)C(F)=C1F. The lowest BCUT2D eigenvalue weighted by molar-refractivity contribution is 0.197. The van der Waals surface area contributed by atoms with E-state index < -0.39 is 47.0 Å². The van der Waals surface area contributed by atoms with Crippen LogP contribution < -0.4 is 0 Å². The Morgan fingerprint density at radius 3 is 1.75 bits per heavy atom. The number of rotatable bonds is 2. The van der Waals surface area contributed by atoms with Gasteiger partial charge in [-0.3, -0.25) is 0 Å². The largest absolute Gasteiger partial charge is 0.239 e. The van der Waals surface area contributed by atoms with Gasteiger partial charge in [0.25, 0.3) is 0 Å². The number of halogens is 4. The fraction of sp³-hybridized carbons (Fsp3) is 0.333. The Morgan fingerprint density at radius 1 is 0.850 bits per heavy atom. The normalized spacial score (nSPS) is 22.3. The molecular weight excluding hydrogens is 276 g/mol. The van der Waals surface area contributed by atoms with Gasteiger partial charge in [0.05, 0.1) is 35.8 Å². The zero-order valence-corrected chi connectivity index (χ0v) is 9.61. The van der Waals surface area contributed by atoms with E-state index in [1.807, 2.05) is 0 Å². The summed E-state index contributed by atoms with van der Waals surface area (Å²) >= 11 is 0. The van der Waals surface area contributed by atoms with Crippen LogP contribution in [0.25, 0.3) is 0 Å². The van der Waals surface area contributed by atoms with Gasteiger partial charge in [-0.1, -0.05) is 0 Å². The maximum atomic E-state index is 13.8. The first-order valence-corrected chi connectivity index (χ1v) is 5.12. The van der Waals surface area contributed by atoms with Crippen molar-refractivity contribution in [2.24, 2.45) is 17.8 Å². The first kappa shape index (κ1) is 15.2. The molecule has 100 valence electrons. The molecule has 2 unspecified atom stereocenters. The Morgan fingerprint density at radius 2 is 1.35 bits per heavy atom. The summed E-state index contributed by atoms with van der Waals surface area (Å²) in [6.07, 6.45) is -2.81. The molecule has 0 fully saturated rings. The minimum Gasteiger partial charge on any atom is -0.239 e. The van der Waals surface area contributed by atoms with Gasteiger partial charge >= 0.3 is 0 Å². The molecule has 1 aliphatic carbocycles. The van der Waals surface area contributed by atoms with Crippen LogP contribution in [0.3, 0.4) is 0 Å². The topological polar surface area (TPSA) is 95.2 Å². The Kier molecular flexibility index (Phi) is 4.46. The van der Waals surface area contributed by atoms with Gasteiger partial charge in [-0.2, -0.15) is 21.0 Å². The van der Waals surface area contributed by atoms with Crippen molar-refractivity contribution in [1.82, 2.24) is 0 Å². The molecule has 1 rings (SSSR count). The van der Waals surface area contributed by atoms with E-state index in [0.717, 1.165) is 0 Å².